The van der Waals surface area contributed by atoms with Crippen LogP contribution in [0.5, 0.6) is 0 Å². The molecule has 0 bridgehead atoms. The first-order chi connectivity index (χ1) is 8.58. The molecule has 98 valence electrons. The lowest BCUT2D eigenvalue weighted by molar-refractivity contribution is -0.384. The predicted molar refractivity (Wildman–Crippen MR) is 76.6 cm³/mol. The molecule has 0 radical (unpaired) electrons. The summed E-state index contributed by atoms with van der Waals surface area (Å²) in [6, 6.07) is 6.27. The van der Waals surface area contributed by atoms with Crippen molar-refractivity contribution in [3.63, 3.8) is 0 Å². The maximum atomic E-state index is 10.5. The highest BCUT2D eigenvalue weighted by Gasteiger charge is 2.06. The van der Waals surface area contributed by atoms with Crippen LogP contribution >= 0.6 is 11.8 Å². The van der Waals surface area contributed by atoms with Crippen molar-refractivity contribution >= 4 is 28.3 Å². The van der Waals surface area contributed by atoms with Crippen LogP contribution in [-0.4, -0.2) is 34.3 Å². The molecule has 6 heteroatoms. The Morgan fingerprint density at radius 2 is 2.00 bits per heavy atom. The number of benzene rings is 1. The molecular weight excluding hydrogens is 250 g/mol. The third-order valence-corrected chi connectivity index (χ3v) is 3.31. The molecule has 0 spiro atoms. The lowest BCUT2D eigenvalue weighted by Gasteiger charge is -2.17. The lowest BCUT2D eigenvalue weighted by Crippen LogP contribution is -2.23. The van der Waals surface area contributed by atoms with Crippen LogP contribution in [0.4, 0.5) is 11.4 Å². The highest BCUT2D eigenvalue weighted by molar-refractivity contribution is 8.13. The number of amidine groups is 1. The van der Waals surface area contributed by atoms with E-state index in [2.05, 4.69) is 23.7 Å². The van der Waals surface area contributed by atoms with Gasteiger partial charge in [-0.3, -0.25) is 10.1 Å². The molecule has 0 saturated carbocycles. The minimum absolute atomic E-state index is 0.0856. The third-order valence-electron chi connectivity index (χ3n) is 2.36. The van der Waals surface area contributed by atoms with E-state index in [1.165, 1.54) is 12.1 Å². The van der Waals surface area contributed by atoms with E-state index in [1.54, 1.807) is 23.9 Å². The van der Waals surface area contributed by atoms with E-state index in [4.69, 9.17) is 0 Å². The molecule has 1 aromatic rings. The van der Waals surface area contributed by atoms with Gasteiger partial charge in [0.1, 0.15) is 0 Å². The number of rotatable bonds is 4. The summed E-state index contributed by atoms with van der Waals surface area (Å²) < 4.78 is 0. The number of nitrogens with zero attached hydrogens (tertiary/aromatic N) is 3. The van der Waals surface area contributed by atoms with Gasteiger partial charge in [0.15, 0.2) is 5.17 Å². The third kappa shape index (κ3) is 4.03. The largest absolute Gasteiger partial charge is 0.355 e. The van der Waals surface area contributed by atoms with Crippen LogP contribution in [0.2, 0.25) is 0 Å². The van der Waals surface area contributed by atoms with E-state index < -0.39 is 4.92 Å². The zero-order chi connectivity index (χ0) is 13.5. The fourth-order valence-electron chi connectivity index (χ4n) is 1.25. The van der Waals surface area contributed by atoms with Gasteiger partial charge >= 0.3 is 0 Å². The molecule has 0 aliphatic heterocycles. The molecule has 0 heterocycles. The van der Waals surface area contributed by atoms with Crippen molar-refractivity contribution in [3.05, 3.63) is 34.4 Å². The molecule has 0 amide bonds. The molecule has 18 heavy (non-hydrogen) atoms. The minimum Gasteiger partial charge on any atom is -0.355 e. The average Bonchev–Trinajstić information content (AvgIpc) is 2.38. The van der Waals surface area contributed by atoms with Gasteiger partial charge in [-0.2, -0.15) is 0 Å². The Kier molecular flexibility index (Phi) is 5.64. The summed E-state index contributed by atoms with van der Waals surface area (Å²) in [6.07, 6.45) is 0. The van der Waals surface area contributed by atoms with E-state index in [9.17, 15) is 10.1 Å². The Balaban J connectivity index is 2.93. The Bertz CT molecular complexity index is 431. The molecule has 0 fully saturated rings. The Morgan fingerprint density at radius 1 is 1.39 bits per heavy atom. The molecule has 0 aliphatic carbocycles. The van der Waals surface area contributed by atoms with Crippen molar-refractivity contribution in [1.82, 2.24) is 4.90 Å². The Hall–Kier alpha value is -1.56. The van der Waals surface area contributed by atoms with Gasteiger partial charge in [0, 0.05) is 25.7 Å². The van der Waals surface area contributed by atoms with Gasteiger partial charge in [-0.15, -0.1) is 0 Å². The lowest BCUT2D eigenvalue weighted by atomic mass is 10.3. The summed E-state index contributed by atoms with van der Waals surface area (Å²) in [6.45, 7) is 5.00. The van der Waals surface area contributed by atoms with Crippen molar-refractivity contribution in [3.8, 4) is 0 Å². The summed E-state index contributed by atoms with van der Waals surface area (Å²) in [4.78, 5) is 16.7. The van der Waals surface area contributed by atoms with Crippen LogP contribution in [0.25, 0.3) is 0 Å². The number of nitro groups is 1. The van der Waals surface area contributed by atoms with Crippen LogP contribution in [0.1, 0.15) is 13.8 Å². The van der Waals surface area contributed by atoms with Crippen LogP contribution in [0.3, 0.4) is 0 Å². The summed E-state index contributed by atoms with van der Waals surface area (Å²) in [7, 11) is 1.98. The van der Waals surface area contributed by atoms with Crippen LogP contribution in [-0.2, 0) is 0 Å². The van der Waals surface area contributed by atoms with Gasteiger partial charge < -0.3 is 4.90 Å². The number of hydrogen-bond acceptors (Lipinski definition) is 4. The maximum Gasteiger partial charge on any atom is 0.269 e. The van der Waals surface area contributed by atoms with E-state index in [-0.39, 0.29) is 5.69 Å². The standard InChI is InChI=1S/C12H17N3O2S/c1-4-14(3)12(18-5-2)13-10-6-8-11(9-7-10)15(16)17/h6-9H,4-5H2,1-3H3. The summed E-state index contributed by atoms with van der Waals surface area (Å²) in [5.41, 5.74) is 0.819. The molecule has 0 aliphatic rings. The zero-order valence-electron chi connectivity index (χ0n) is 10.8. The normalized spacial score (nSPS) is 11.4. The quantitative estimate of drug-likeness (QED) is 0.363. The van der Waals surface area contributed by atoms with E-state index in [0.29, 0.717) is 0 Å². The first-order valence-electron chi connectivity index (χ1n) is 5.75. The topological polar surface area (TPSA) is 58.7 Å². The Morgan fingerprint density at radius 3 is 2.44 bits per heavy atom. The second-order valence-electron chi connectivity index (χ2n) is 3.62. The fourth-order valence-corrected chi connectivity index (χ4v) is 2.03. The van der Waals surface area contributed by atoms with E-state index in [0.717, 1.165) is 23.2 Å². The van der Waals surface area contributed by atoms with Gasteiger partial charge in [-0.05, 0) is 24.8 Å². The number of hydrogen-bond donors (Lipinski definition) is 0. The summed E-state index contributed by atoms with van der Waals surface area (Å²) in [5, 5.41) is 11.5. The molecule has 1 aromatic carbocycles. The first kappa shape index (κ1) is 14.5. The molecule has 0 unspecified atom stereocenters. The van der Waals surface area contributed by atoms with Crippen molar-refractivity contribution in [2.45, 2.75) is 13.8 Å². The molecule has 0 N–H and O–H groups in total. The molecule has 5 nitrogen and oxygen atoms in total. The van der Waals surface area contributed by atoms with E-state index in [1.807, 2.05) is 7.05 Å². The highest BCUT2D eigenvalue weighted by Crippen LogP contribution is 2.20. The summed E-state index contributed by atoms with van der Waals surface area (Å²) >= 11 is 1.66. The van der Waals surface area contributed by atoms with Crippen molar-refractivity contribution in [1.29, 1.82) is 0 Å². The number of non-ortho nitro benzene ring substituents is 1. The smallest absolute Gasteiger partial charge is 0.269 e. The van der Waals surface area contributed by atoms with Crippen molar-refractivity contribution < 1.29 is 4.92 Å². The fraction of sp³-hybridized carbons (Fsp3) is 0.417. The average molecular weight is 267 g/mol. The van der Waals surface area contributed by atoms with Crippen LogP contribution in [0.15, 0.2) is 29.3 Å². The van der Waals surface area contributed by atoms with E-state index >= 15 is 0 Å². The SMILES string of the molecule is CCSC(=Nc1ccc([N+](=O)[O-])cc1)N(C)CC. The zero-order valence-corrected chi connectivity index (χ0v) is 11.6. The van der Waals surface area contributed by atoms with Crippen LogP contribution < -0.4 is 0 Å². The molecule has 0 aromatic heterocycles. The monoisotopic (exact) mass is 267 g/mol. The van der Waals surface area contributed by atoms with Crippen molar-refractivity contribution in [2.75, 3.05) is 19.3 Å². The molecule has 1 rings (SSSR count). The number of thioether (sulfide) groups is 1. The summed E-state index contributed by atoms with van der Waals surface area (Å²) in [5.74, 6) is 0.941. The highest BCUT2D eigenvalue weighted by atomic mass is 32.2. The first-order valence-corrected chi connectivity index (χ1v) is 6.74. The molecule has 0 saturated heterocycles. The number of nitro benzene ring substituents is 1. The Labute approximate surface area is 111 Å². The van der Waals surface area contributed by atoms with Crippen LogP contribution in [0, 0.1) is 10.1 Å². The second kappa shape index (κ2) is 7.00. The predicted octanol–water partition coefficient (Wildman–Crippen LogP) is 3.29. The molecular formula is C12H17N3O2S. The maximum absolute atomic E-state index is 10.5. The van der Waals surface area contributed by atoms with Crippen molar-refractivity contribution in [2.24, 2.45) is 4.99 Å². The second-order valence-corrected chi connectivity index (χ2v) is 4.85. The van der Waals surface area contributed by atoms with Gasteiger partial charge in [0.25, 0.3) is 5.69 Å². The number of aliphatic imine (C=N–C) groups is 1. The van der Waals surface area contributed by atoms with Gasteiger partial charge in [-0.1, -0.05) is 18.7 Å². The van der Waals surface area contributed by atoms with Gasteiger partial charge in [-0.25, -0.2) is 4.99 Å². The van der Waals surface area contributed by atoms with Gasteiger partial charge in [0.05, 0.1) is 10.6 Å². The molecule has 0 atom stereocenters. The minimum atomic E-state index is -0.409. The van der Waals surface area contributed by atoms with Gasteiger partial charge in [0.2, 0.25) is 0 Å².